The van der Waals surface area contributed by atoms with E-state index >= 15 is 0 Å². The van der Waals surface area contributed by atoms with Gasteiger partial charge >= 0.3 is 5.97 Å². The summed E-state index contributed by atoms with van der Waals surface area (Å²) in [5.41, 5.74) is 0.495. The molecule has 0 unspecified atom stereocenters. The van der Waals surface area contributed by atoms with Crippen LogP contribution in [0, 0.1) is 0 Å². The first-order chi connectivity index (χ1) is 9.43. The number of esters is 1. The highest BCUT2D eigenvalue weighted by Gasteiger charge is 2.10. The minimum atomic E-state index is -0.323. The third-order valence-electron chi connectivity index (χ3n) is 2.40. The first-order valence-corrected chi connectivity index (χ1v) is 7.04. The van der Waals surface area contributed by atoms with Gasteiger partial charge in [-0.05, 0) is 48.0 Å². The lowest BCUT2D eigenvalue weighted by atomic mass is 10.2. The Balaban J connectivity index is 2.47. The summed E-state index contributed by atoms with van der Waals surface area (Å²) in [7, 11) is 1.56. The van der Waals surface area contributed by atoms with Crippen LogP contribution in [0.15, 0.2) is 22.7 Å². The van der Waals surface area contributed by atoms with Gasteiger partial charge in [-0.1, -0.05) is 0 Å². The van der Waals surface area contributed by atoms with E-state index in [1.165, 1.54) is 0 Å². The SMILES string of the molecule is COc1ccc(C(=O)NCCC(=O)OC(C)C)cc1Br. The van der Waals surface area contributed by atoms with Crippen molar-refractivity contribution in [3.05, 3.63) is 28.2 Å². The molecule has 6 heteroatoms. The van der Waals surface area contributed by atoms with Crippen molar-refractivity contribution in [2.75, 3.05) is 13.7 Å². The molecular weight excluding hydrogens is 326 g/mol. The second-order valence-corrected chi connectivity index (χ2v) is 5.25. The largest absolute Gasteiger partial charge is 0.496 e. The zero-order chi connectivity index (χ0) is 15.1. The summed E-state index contributed by atoms with van der Waals surface area (Å²) >= 11 is 3.32. The van der Waals surface area contributed by atoms with Crippen LogP contribution in [0.2, 0.25) is 0 Å². The van der Waals surface area contributed by atoms with Crippen LogP contribution in [0.4, 0.5) is 0 Å². The van der Waals surface area contributed by atoms with Gasteiger partial charge in [-0.25, -0.2) is 0 Å². The average Bonchev–Trinajstić information content (AvgIpc) is 2.37. The molecule has 0 heterocycles. The number of ether oxygens (including phenoxy) is 2. The summed E-state index contributed by atoms with van der Waals surface area (Å²) in [6.07, 6.45) is 0.0112. The standard InChI is InChI=1S/C14H18BrNO4/c1-9(2)20-13(17)6-7-16-14(18)10-4-5-12(19-3)11(15)8-10/h4-5,8-9H,6-7H2,1-3H3,(H,16,18). The first kappa shape index (κ1) is 16.5. The van der Waals surface area contributed by atoms with Crippen LogP contribution in [-0.4, -0.2) is 31.6 Å². The summed E-state index contributed by atoms with van der Waals surface area (Å²) in [6.45, 7) is 3.81. The number of hydrogen-bond acceptors (Lipinski definition) is 4. The Kier molecular flexibility index (Phi) is 6.51. The van der Waals surface area contributed by atoms with Crippen LogP contribution >= 0.6 is 15.9 Å². The molecule has 1 aromatic carbocycles. The third kappa shape index (κ3) is 5.21. The minimum absolute atomic E-state index is 0.143. The van der Waals surface area contributed by atoms with Crippen LogP contribution < -0.4 is 10.1 Å². The molecule has 0 bridgehead atoms. The van der Waals surface area contributed by atoms with Gasteiger partial charge in [-0.3, -0.25) is 9.59 Å². The van der Waals surface area contributed by atoms with Crippen molar-refractivity contribution in [1.29, 1.82) is 0 Å². The fourth-order valence-electron chi connectivity index (χ4n) is 1.51. The number of methoxy groups -OCH3 is 1. The monoisotopic (exact) mass is 343 g/mol. The number of hydrogen-bond donors (Lipinski definition) is 1. The fourth-order valence-corrected chi connectivity index (χ4v) is 2.05. The predicted molar refractivity (Wildman–Crippen MR) is 78.9 cm³/mol. The number of carbonyl (C=O) groups excluding carboxylic acids is 2. The molecule has 0 spiro atoms. The first-order valence-electron chi connectivity index (χ1n) is 6.25. The van der Waals surface area contributed by atoms with E-state index in [2.05, 4.69) is 21.2 Å². The molecule has 0 aromatic heterocycles. The summed E-state index contributed by atoms with van der Waals surface area (Å²) < 4.78 is 10.8. The molecule has 1 aromatic rings. The number of nitrogens with one attached hydrogen (secondary N) is 1. The van der Waals surface area contributed by atoms with E-state index in [4.69, 9.17) is 9.47 Å². The molecule has 20 heavy (non-hydrogen) atoms. The Morgan fingerprint density at radius 2 is 2.05 bits per heavy atom. The zero-order valence-electron chi connectivity index (χ0n) is 11.7. The summed E-state index contributed by atoms with van der Waals surface area (Å²) in [5, 5.41) is 2.67. The third-order valence-corrected chi connectivity index (χ3v) is 3.02. The molecular formula is C14H18BrNO4. The smallest absolute Gasteiger partial charge is 0.307 e. The van der Waals surface area contributed by atoms with Gasteiger partial charge in [0.05, 0.1) is 24.1 Å². The van der Waals surface area contributed by atoms with E-state index < -0.39 is 0 Å². The van der Waals surface area contributed by atoms with E-state index in [9.17, 15) is 9.59 Å². The maximum atomic E-state index is 11.9. The number of benzene rings is 1. The number of carbonyl (C=O) groups is 2. The normalized spacial score (nSPS) is 10.2. The predicted octanol–water partition coefficient (Wildman–Crippen LogP) is 2.53. The lowest BCUT2D eigenvalue weighted by Crippen LogP contribution is -2.27. The molecule has 1 N–H and O–H groups in total. The molecule has 5 nitrogen and oxygen atoms in total. The van der Waals surface area contributed by atoms with E-state index in [-0.39, 0.29) is 30.9 Å². The Morgan fingerprint density at radius 3 is 2.60 bits per heavy atom. The quantitative estimate of drug-likeness (QED) is 0.806. The average molecular weight is 344 g/mol. The zero-order valence-corrected chi connectivity index (χ0v) is 13.3. The molecule has 110 valence electrons. The maximum Gasteiger partial charge on any atom is 0.307 e. The number of amides is 1. The Hall–Kier alpha value is -1.56. The molecule has 0 fully saturated rings. The van der Waals surface area contributed by atoms with Gasteiger partial charge in [0, 0.05) is 12.1 Å². The molecule has 0 aliphatic heterocycles. The van der Waals surface area contributed by atoms with Gasteiger partial charge in [-0.2, -0.15) is 0 Å². The van der Waals surface area contributed by atoms with Crippen molar-refractivity contribution in [3.8, 4) is 5.75 Å². The summed E-state index contributed by atoms with van der Waals surface area (Å²) in [4.78, 5) is 23.2. The number of halogens is 1. The maximum absolute atomic E-state index is 11.9. The van der Waals surface area contributed by atoms with Crippen molar-refractivity contribution in [2.24, 2.45) is 0 Å². The van der Waals surface area contributed by atoms with Crippen LogP contribution in [0.1, 0.15) is 30.6 Å². The lowest BCUT2D eigenvalue weighted by molar-refractivity contribution is -0.147. The van der Waals surface area contributed by atoms with Crippen LogP contribution in [0.3, 0.4) is 0 Å². The van der Waals surface area contributed by atoms with E-state index in [0.717, 1.165) is 0 Å². The van der Waals surface area contributed by atoms with Gasteiger partial charge in [0.25, 0.3) is 5.91 Å². The van der Waals surface area contributed by atoms with Gasteiger partial charge in [-0.15, -0.1) is 0 Å². The topological polar surface area (TPSA) is 64.6 Å². The second-order valence-electron chi connectivity index (χ2n) is 4.39. The molecule has 0 radical (unpaired) electrons. The molecule has 0 aliphatic rings. The fraction of sp³-hybridized carbons (Fsp3) is 0.429. The van der Waals surface area contributed by atoms with Gasteiger partial charge in [0.2, 0.25) is 0 Å². The van der Waals surface area contributed by atoms with Crippen molar-refractivity contribution in [1.82, 2.24) is 5.32 Å². The van der Waals surface area contributed by atoms with Crippen LogP contribution in [0.25, 0.3) is 0 Å². The Bertz CT molecular complexity index is 488. The Labute approximate surface area is 126 Å². The summed E-state index contributed by atoms with van der Waals surface area (Å²) in [5.74, 6) is 0.0870. The molecule has 1 rings (SSSR count). The molecule has 0 aliphatic carbocycles. The van der Waals surface area contributed by atoms with Gasteiger partial charge < -0.3 is 14.8 Å². The van der Waals surface area contributed by atoms with Crippen molar-refractivity contribution >= 4 is 27.8 Å². The number of rotatable bonds is 6. The molecule has 0 saturated heterocycles. The van der Waals surface area contributed by atoms with Crippen LogP contribution in [0.5, 0.6) is 5.75 Å². The highest BCUT2D eigenvalue weighted by Crippen LogP contribution is 2.25. The van der Waals surface area contributed by atoms with Crippen molar-refractivity contribution in [2.45, 2.75) is 26.4 Å². The molecule has 0 saturated carbocycles. The van der Waals surface area contributed by atoms with Crippen LogP contribution in [-0.2, 0) is 9.53 Å². The Morgan fingerprint density at radius 1 is 1.35 bits per heavy atom. The highest BCUT2D eigenvalue weighted by atomic mass is 79.9. The van der Waals surface area contributed by atoms with Crippen molar-refractivity contribution < 1.29 is 19.1 Å². The van der Waals surface area contributed by atoms with Gasteiger partial charge in [0.1, 0.15) is 5.75 Å². The molecule has 0 atom stereocenters. The highest BCUT2D eigenvalue weighted by molar-refractivity contribution is 9.10. The van der Waals surface area contributed by atoms with E-state index in [1.54, 1.807) is 39.2 Å². The minimum Gasteiger partial charge on any atom is -0.496 e. The molecule has 1 amide bonds. The van der Waals surface area contributed by atoms with E-state index in [1.807, 2.05) is 0 Å². The van der Waals surface area contributed by atoms with Gasteiger partial charge in [0.15, 0.2) is 0 Å². The summed E-state index contributed by atoms with van der Waals surface area (Å²) in [6, 6.07) is 5.03. The lowest BCUT2D eigenvalue weighted by Gasteiger charge is -2.09. The van der Waals surface area contributed by atoms with E-state index in [0.29, 0.717) is 15.8 Å². The second kappa shape index (κ2) is 7.89. The van der Waals surface area contributed by atoms with Crippen molar-refractivity contribution in [3.63, 3.8) is 0 Å².